The Morgan fingerprint density at radius 2 is 1.91 bits per heavy atom. The van der Waals surface area contributed by atoms with Crippen LogP contribution in [0.4, 0.5) is 23.7 Å². The standard InChI is InChI=1S/C21H16ClF3N4O3/c22-15-6-5-12(8-14(15)21(23,24)25)27-18(30)10-29-19(31)17(28-20(29)32)7-11-9-26-16-4-2-1-3-13(11)16/h1-6,8-9,17,26H,7,10H2,(H,27,30)(H,28,32). The number of nitrogens with one attached hydrogen (secondary N) is 3. The van der Waals surface area contributed by atoms with Crippen LogP contribution < -0.4 is 10.6 Å². The first-order valence-corrected chi connectivity index (χ1v) is 9.85. The van der Waals surface area contributed by atoms with Crippen molar-refractivity contribution in [1.29, 1.82) is 0 Å². The van der Waals surface area contributed by atoms with Gasteiger partial charge in [0.25, 0.3) is 5.91 Å². The maximum atomic E-state index is 13.0. The van der Waals surface area contributed by atoms with Crippen LogP contribution in [0.5, 0.6) is 0 Å². The fraction of sp³-hybridized carbons (Fsp3) is 0.190. The van der Waals surface area contributed by atoms with Crippen LogP contribution in [0.2, 0.25) is 5.02 Å². The number of alkyl halides is 3. The molecule has 32 heavy (non-hydrogen) atoms. The largest absolute Gasteiger partial charge is 0.417 e. The highest BCUT2D eigenvalue weighted by Crippen LogP contribution is 2.36. The monoisotopic (exact) mass is 464 g/mol. The van der Waals surface area contributed by atoms with Crippen molar-refractivity contribution in [3.05, 3.63) is 64.8 Å². The highest BCUT2D eigenvalue weighted by molar-refractivity contribution is 6.31. The van der Waals surface area contributed by atoms with Gasteiger partial charge in [0.1, 0.15) is 12.6 Å². The Morgan fingerprint density at radius 3 is 2.66 bits per heavy atom. The average Bonchev–Trinajstić information content (AvgIpc) is 3.25. The minimum absolute atomic E-state index is 0.158. The van der Waals surface area contributed by atoms with E-state index in [2.05, 4.69) is 15.6 Å². The molecule has 0 saturated carbocycles. The van der Waals surface area contributed by atoms with Gasteiger partial charge < -0.3 is 15.6 Å². The van der Waals surface area contributed by atoms with Gasteiger partial charge in [-0.1, -0.05) is 29.8 Å². The summed E-state index contributed by atoms with van der Waals surface area (Å²) in [5, 5.41) is 5.20. The summed E-state index contributed by atoms with van der Waals surface area (Å²) in [5.74, 6) is -1.42. The van der Waals surface area contributed by atoms with E-state index in [0.717, 1.165) is 27.4 Å². The van der Waals surface area contributed by atoms with Gasteiger partial charge >= 0.3 is 12.2 Å². The number of carbonyl (C=O) groups excluding carboxylic acids is 3. The van der Waals surface area contributed by atoms with E-state index in [1.165, 1.54) is 6.07 Å². The number of benzene rings is 2. The molecule has 3 N–H and O–H groups in total. The smallest absolute Gasteiger partial charge is 0.361 e. The summed E-state index contributed by atoms with van der Waals surface area (Å²) in [6.45, 7) is -0.640. The first-order valence-electron chi connectivity index (χ1n) is 9.47. The Morgan fingerprint density at radius 1 is 1.16 bits per heavy atom. The third kappa shape index (κ3) is 4.26. The number of amides is 4. The molecule has 3 aromatic rings. The zero-order valence-corrected chi connectivity index (χ0v) is 17.1. The number of anilines is 1. The lowest BCUT2D eigenvalue weighted by Crippen LogP contribution is -2.38. The van der Waals surface area contributed by atoms with Crippen LogP contribution in [0.15, 0.2) is 48.7 Å². The SMILES string of the molecule is O=C(CN1C(=O)NC(Cc2c[nH]c3ccccc23)C1=O)Nc1ccc(Cl)c(C(F)(F)F)c1. The van der Waals surface area contributed by atoms with Gasteiger partial charge in [0.05, 0.1) is 10.6 Å². The molecule has 0 radical (unpaired) electrons. The predicted octanol–water partition coefficient (Wildman–Crippen LogP) is 3.94. The molecule has 4 rings (SSSR count). The van der Waals surface area contributed by atoms with Crippen molar-refractivity contribution in [1.82, 2.24) is 15.2 Å². The lowest BCUT2D eigenvalue weighted by molar-refractivity contribution is -0.137. The summed E-state index contributed by atoms with van der Waals surface area (Å²) in [6.07, 6.45) is -2.73. The van der Waals surface area contributed by atoms with Crippen molar-refractivity contribution in [2.45, 2.75) is 18.6 Å². The number of fused-ring (bicyclic) bond motifs is 1. The van der Waals surface area contributed by atoms with E-state index in [4.69, 9.17) is 11.6 Å². The number of aromatic nitrogens is 1. The van der Waals surface area contributed by atoms with Crippen LogP contribution in [0, 0.1) is 0 Å². The zero-order chi connectivity index (χ0) is 23.0. The first kappa shape index (κ1) is 21.7. The summed E-state index contributed by atoms with van der Waals surface area (Å²) in [4.78, 5) is 41.0. The van der Waals surface area contributed by atoms with E-state index in [1.54, 1.807) is 6.20 Å². The van der Waals surface area contributed by atoms with Crippen LogP contribution >= 0.6 is 11.6 Å². The second-order valence-electron chi connectivity index (χ2n) is 7.23. The Kier molecular flexibility index (Phi) is 5.55. The van der Waals surface area contributed by atoms with E-state index < -0.39 is 47.2 Å². The molecule has 1 saturated heterocycles. The van der Waals surface area contributed by atoms with Gasteiger partial charge in [-0.15, -0.1) is 0 Å². The number of nitrogens with zero attached hydrogens (tertiary/aromatic N) is 1. The molecule has 7 nitrogen and oxygen atoms in total. The molecule has 0 aliphatic carbocycles. The molecule has 2 heterocycles. The van der Waals surface area contributed by atoms with Crippen molar-refractivity contribution >= 4 is 46.0 Å². The minimum Gasteiger partial charge on any atom is -0.361 e. The fourth-order valence-corrected chi connectivity index (χ4v) is 3.77. The van der Waals surface area contributed by atoms with Gasteiger partial charge in [0, 0.05) is 29.2 Å². The number of hydrogen-bond acceptors (Lipinski definition) is 3. The molecular weight excluding hydrogens is 449 g/mol. The van der Waals surface area contributed by atoms with Gasteiger partial charge in [0.15, 0.2) is 0 Å². The summed E-state index contributed by atoms with van der Waals surface area (Å²) in [5.41, 5.74) is 0.447. The fourth-order valence-electron chi connectivity index (χ4n) is 3.55. The van der Waals surface area contributed by atoms with Crippen LogP contribution in [0.3, 0.4) is 0 Å². The second-order valence-corrected chi connectivity index (χ2v) is 7.64. The third-order valence-corrected chi connectivity index (χ3v) is 5.39. The average molecular weight is 465 g/mol. The van der Waals surface area contributed by atoms with E-state index in [-0.39, 0.29) is 12.1 Å². The van der Waals surface area contributed by atoms with Crippen molar-refractivity contribution in [3.8, 4) is 0 Å². The molecule has 166 valence electrons. The Hall–Kier alpha value is -3.53. The van der Waals surface area contributed by atoms with Crippen LogP contribution in [-0.2, 0) is 22.2 Å². The van der Waals surface area contributed by atoms with Crippen molar-refractivity contribution in [2.75, 3.05) is 11.9 Å². The number of rotatable bonds is 5. The number of H-pyrrole nitrogens is 1. The van der Waals surface area contributed by atoms with Gasteiger partial charge in [-0.25, -0.2) is 4.79 Å². The van der Waals surface area contributed by atoms with Crippen LogP contribution in [-0.4, -0.2) is 40.3 Å². The molecule has 1 atom stereocenters. The molecule has 1 fully saturated rings. The van der Waals surface area contributed by atoms with Crippen molar-refractivity contribution < 1.29 is 27.6 Å². The quantitative estimate of drug-likeness (QED) is 0.499. The summed E-state index contributed by atoms with van der Waals surface area (Å²) < 4.78 is 39.0. The normalized spacial score (nSPS) is 16.5. The lowest BCUT2D eigenvalue weighted by Gasteiger charge is -2.14. The zero-order valence-electron chi connectivity index (χ0n) is 16.3. The molecule has 0 bridgehead atoms. The number of para-hydroxylation sites is 1. The van der Waals surface area contributed by atoms with E-state index in [0.29, 0.717) is 6.07 Å². The molecule has 4 amide bonds. The molecule has 1 aromatic heterocycles. The topological polar surface area (TPSA) is 94.3 Å². The van der Waals surface area contributed by atoms with Crippen molar-refractivity contribution in [2.24, 2.45) is 0 Å². The first-order chi connectivity index (χ1) is 15.1. The van der Waals surface area contributed by atoms with E-state index >= 15 is 0 Å². The molecule has 1 aliphatic heterocycles. The Bertz CT molecular complexity index is 1220. The number of urea groups is 1. The van der Waals surface area contributed by atoms with Crippen LogP contribution in [0.25, 0.3) is 10.9 Å². The summed E-state index contributed by atoms with van der Waals surface area (Å²) in [6, 6.07) is 8.76. The highest BCUT2D eigenvalue weighted by atomic mass is 35.5. The molecule has 1 aliphatic rings. The Balaban J connectivity index is 1.43. The summed E-state index contributed by atoms with van der Waals surface area (Å²) >= 11 is 5.56. The van der Waals surface area contributed by atoms with E-state index in [9.17, 15) is 27.6 Å². The number of hydrogen-bond donors (Lipinski definition) is 3. The maximum absolute atomic E-state index is 13.0. The van der Waals surface area contributed by atoms with E-state index in [1.807, 2.05) is 24.3 Å². The van der Waals surface area contributed by atoms with Gasteiger partial charge in [-0.2, -0.15) is 13.2 Å². The molecule has 2 aromatic carbocycles. The maximum Gasteiger partial charge on any atom is 0.417 e. The molecule has 11 heteroatoms. The lowest BCUT2D eigenvalue weighted by atomic mass is 10.1. The van der Waals surface area contributed by atoms with Crippen LogP contribution in [0.1, 0.15) is 11.1 Å². The number of imide groups is 1. The van der Waals surface area contributed by atoms with Gasteiger partial charge in [0.2, 0.25) is 5.91 Å². The third-order valence-electron chi connectivity index (χ3n) is 5.06. The van der Waals surface area contributed by atoms with Crippen molar-refractivity contribution in [3.63, 3.8) is 0 Å². The molecular formula is C21H16ClF3N4O3. The highest BCUT2D eigenvalue weighted by Gasteiger charge is 2.39. The second kappa shape index (κ2) is 8.19. The number of aromatic amines is 1. The number of carbonyl (C=O) groups is 3. The molecule has 1 unspecified atom stereocenters. The molecule has 0 spiro atoms. The Labute approximate surface area is 184 Å². The van der Waals surface area contributed by atoms with Gasteiger partial charge in [-0.3, -0.25) is 14.5 Å². The predicted molar refractivity (Wildman–Crippen MR) is 111 cm³/mol. The van der Waals surface area contributed by atoms with Gasteiger partial charge in [-0.05, 0) is 29.8 Å². The number of halogens is 4. The summed E-state index contributed by atoms with van der Waals surface area (Å²) in [7, 11) is 0. The minimum atomic E-state index is -4.70.